The lowest BCUT2D eigenvalue weighted by Gasteiger charge is -2.05. The van der Waals surface area contributed by atoms with Crippen LogP contribution in [0.4, 0.5) is 0 Å². The number of benzene rings is 1. The van der Waals surface area contributed by atoms with Crippen molar-refractivity contribution in [2.45, 2.75) is 0 Å². The van der Waals surface area contributed by atoms with Crippen molar-refractivity contribution < 1.29 is 9.53 Å². The van der Waals surface area contributed by atoms with Crippen LogP contribution < -0.4 is 0 Å². The lowest BCUT2D eigenvalue weighted by molar-refractivity contribution is 0.0601. The van der Waals surface area contributed by atoms with Gasteiger partial charge in [0, 0.05) is 23.5 Å². The maximum atomic E-state index is 11.6. The van der Waals surface area contributed by atoms with Crippen molar-refractivity contribution in [1.82, 2.24) is 15.0 Å². The minimum atomic E-state index is -0.363. The number of carbonyl (C=O) groups is 1. The van der Waals surface area contributed by atoms with Crippen LogP contribution in [0, 0.1) is 0 Å². The fraction of sp³-hybridized carbons (Fsp3) is 0.0625. The molecule has 0 aliphatic heterocycles. The molecule has 0 saturated heterocycles. The van der Waals surface area contributed by atoms with Gasteiger partial charge >= 0.3 is 5.97 Å². The number of aromatic nitrogens is 3. The number of methoxy groups -OCH3 is 1. The van der Waals surface area contributed by atoms with Gasteiger partial charge in [-0.1, -0.05) is 12.1 Å². The van der Waals surface area contributed by atoms with Gasteiger partial charge in [-0.25, -0.2) is 9.78 Å². The first kappa shape index (κ1) is 13.1. The van der Waals surface area contributed by atoms with Gasteiger partial charge < -0.3 is 9.72 Å². The highest BCUT2D eigenvalue weighted by atomic mass is 16.5. The van der Waals surface area contributed by atoms with E-state index in [1.54, 1.807) is 30.9 Å². The maximum absolute atomic E-state index is 11.6. The quantitative estimate of drug-likeness (QED) is 0.748. The van der Waals surface area contributed by atoms with Crippen LogP contribution in [-0.4, -0.2) is 28.0 Å². The summed E-state index contributed by atoms with van der Waals surface area (Å²) in [5, 5.41) is 0. The topological polar surface area (TPSA) is 67.9 Å². The molecule has 0 bridgehead atoms. The molecule has 3 aromatic rings. The van der Waals surface area contributed by atoms with E-state index in [0.717, 1.165) is 22.5 Å². The summed E-state index contributed by atoms with van der Waals surface area (Å²) in [6.45, 7) is 0. The lowest BCUT2D eigenvalue weighted by Crippen LogP contribution is -2.00. The third-order valence-electron chi connectivity index (χ3n) is 3.17. The number of ether oxygens (including phenoxy) is 1. The van der Waals surface area contributed by atoms with Crippen LogP contribution in [0.2, 0.25) is 0 Å². The molecule has 2 aromatic heterocycles. The average molecular weight is 279 g/mol. The number of pyridine rings is 1. The third-order valence-corrected chi connectivity index (χ3v) is 3.17. The van der Waals surface area contributed by atoms with E-state index in [1.165, 1.54) is 7.11 Å². The fourth-order valence-electron chi connectivity index (χ4n) is 2.16. The van der Waals surface area contributed by atoms with Crippen molar-refractivity contribution >= 4 is 5.97 Å². The first-order valence-corrected chi connectivity index (χ1v) is 6.42. The van der Waals surface area contributed by atoms with Gasteiger partial charge in [0.05, 0.1) is 30.4 Å². The third kappa shape index (κ3) is 2.53. The summed E-state index contributed by atoms with van der Waals surface area (Å²) >= 11 is 0. The molecular weight excluding hydrogens is 266 g/mol. The van der Waals surface area contributed by atoms with Crippen LogP contribution in [0.5, 0.6) is 0 Å². The number of hydrogen-bond acceptors (Lipinski definition) is 4. The van der Waals surface area contributed by atoms with Gasteiger partial charge in [0.2, 0.25) is 0 Å². The number of H-pyrrole nitrogens is 1. The Morgan fingerprint density at radius 2 is 1.95 bits per heavy atom. The first-order chi connectivity index (χ1) is 10.3. The molecule has 0 aliphatic rings. The molecule has 104 valence electrons. The van der Waals surface area contributed by atoms with Gasteiger partial charge in [-0.3, -0.25) is 4.98 Å². The fourth-order valence-corrected chi connectivity index (χ4v) is 2.16. The lowest BCUT2D eigenvalue weighted by atomic mass is 10.0. The van der Waals surface area contributed by atoms with Crippen molar-refractivity contribution in [2.75, 3.05) is 7.11 Å². The van der Waals surface area contributed by atoms with Gasteiger partial charge in [-0.15, -0.1) is 0 Å². The molecule has 0 fully saturated rings. The van der Waals surface area contributed by atoms with E-state index in [0.29, 0.717) is 5.56 Å². The molecule has 5 nitrogen and oxygen atoms in total. The van der Waals surface area contributed by atoms with Gasteiger partial charge in [-0.2, -0.15) is 0 Å². The van der Waals surface area contributed by atoms with Crippen molar-refractivity contribution in [3.05, 3.63) is 60.7 Å². The number of hydrogen-bond donors (Lipinski definition) is 1. The smallest absolute Gasteiger partial charge is 0.337 e. The Kier molecular flexibility index (Phi) is 3.47. The molecule has 21 heavy (non-hydrogen) atoms. The zero-order chi connectivity index (χ0) is 14.7. The maximum Gasteiger partial charge on any atom is 0.337 e. The van der Waals surface area contributed by atoms with Gasteiger partial charge in [0.25, 0.3) is 0 Å². The molecule has 0 amide bonds. The number of aromatic amines is 1. The largest absolute Gasteiger partial charge is 0.465 e. The highest BCUT2D eigenvalue weighted by Crippen LogP contribution is 2.29. The standard InChI is InChI=1S/C16H13N3O2/c1-21-16(20)13-4-2-3-12(9-13)15-14(18-10-19-15)11-5-7-17-8-6-11/h2-10H,1H3,(H,18,19). The van der Waals surface area contributed by atoms with Crippen molar-refractivity contribution in [3.8, 4) is 22.5 Å². The summed E-state index contributed by atoms with van der Waals surface area (Å²) < 4.78 is 4.75. The van der Waals surface area contributed by atoms with Crippen LogP contribution in [0.3, 0.4) is 0 Å². The highest BCUT2D eigenvalue weighted by molar-refractivity contribution is 5.91. The molecule has 0 saturated carbocycles. The summed E-state index contributed by atoms with van der Waals surface area (Å²) in [7, 11) is 1.37. The number of rotatable bonds is 3. The van der Waals surface area contributed by atoms with Crippen molar-refractivity contribution in [2.24, 2.45) is 0 Å². The monoisotopic (exact) mass is 279 g/mol. The van der Waals surface area contributed by atoms with Crippen molar-refractivity contribution in [1.29, 1.82) is 0 Å². The van der Waals surface area contributed by atoms with E-state index >= 15 is 0 Å². The number of imidazole rings is 1. The Balaban J connectivity index is 2.07. The van der Waals surface area contributed by atoms with Crippen LogP contribution in [0.15, 0.2) is 55.1 Å². The number of nitrogens with one attached hydrogen (secondary N) is 1. The van der Waals surface area contributed by atoms with Crippen LogP contribution in [-0.2, 0) is 4.74 Å². The SMILES string of the molecule is COC(=O)c1cccc(-c2nc[nH]c2-c2ccncc2)c1. The second kappa shape index (κ2) is 5.58. The summed E-state index contributed by atoms with van der Waals surface area (Å²) in [5.74, 6) is -0.363. The number of carbonyl (C=O) groups excluding carboxylic acids is 1. The molecule has 2 heterocycles. The molecule has 5 heteroatoms. The summed E-state index contributed by atoms with van der Waals surface area (Å²) in [6.07, 6.45) is 5.09. The normalized spacial score (nSPS) is 10.3. The molecule has 1 aromatic carbocycles. The highest BCUT2D eigenvalue weighted by Gasteiger charge is 2.12. The molecule has 0 atom stereocenters. The Morgan fingerprint density at radius 3 is 2.71 bits per heavy atom. The van der Waals surface area contributed by atoms with Crippen LogP contribution >= 0.6 is 0 Å². The van der Waals surface area contributed by atoms with Crippen LogP contribution in [0.1, 0.15) is 10.4 Å². The van der Waals surface area contributed by atoms with E-state index in [1.807, 2.05) is 24.3 Å². The minimum Gasteiger partial charge on any atom is -0.465 e. The van der Waals surface area contributed by atoms with E-state index in [9.17, 15) is 4.79 Å². The first-order valence-electron chi connectivity index (χ1n) is 6.42. The van der Waals surface area contributed by atoms with E-state index < -0.39 is 0 Å². The Bertz CT molecular complexity index is 766. The van der Waals surface area contributed by atoms with Crippen LogP contribution in [0.25, 0.3) is 22.5 Å². The average Bonchev–Trinajstić information content (AvgIpc) is 3.04. The number of esters is 1. The van der Waals surface area contributed by atoms with Gasteiger partial charge in [0.1, 0.15) is 0 Å². The zero-order valence-corrected chi connectivity index (χ0v) is 11.4. The molecular formula is C16H13N3O2. The Labute approximate surface area is 121 Å². The second-order valence-corrected chi connectivity index (χ2v) is 4.43. The summed E-state index contributed by atoms with van der Waals surface area (Å²) in [4.78, 5) is 23.1. The summed E-state index contributed by atoms with van der Waals surface area (Å²) in [5.41, 5.74) is 4.01. The predicted molar refractivity (Wildman–Crippen MR) is 78.6 cm³/mol. The minimum absolute atomic E-state index is 0.363. The molecule has 0 radical (unpaired) electrons. The Morgan fingerprint density at radius 1 is 1.14 bits per heavy atom. The molecule has 0 spiro atoms. The van der Waals surface area contributed by atoms with E-state index in [4.69, 9.17) is 4.74 Å². The van der Waals surface area contributed by atoms with Gasteiger partial charge in [-0.05, 0) is 24.3 Å². The summed E-state index contributed by atoms with van der Waals surface area (Å²) in [6, 6.07) is 11.0. The molecule has 0 unspecified atom stereocenters. The van der Waals surface area contributed by atoms with Gasteiger partial charge in [0.15, 0.2) is 0 Å². The zero-order valence-electron chi connectivity index (χ0n) is 11.4. The van der Waals surface area contributed by atoms with E-state index in [-0.39, 0.29) is 5.97 Å². The molecule has 3 rings (SSSR count). The molecule has 1 N–H and O–H groups in total. The Hall–Kier alpha value is -2.95. The predicted octanol–water partition coefficient (Wildman–Crippen LogP) is 2.93. The molecule has 0 aliphatic carbocycles. The second-order valence-electron chi connectivity index (χ2n) is 4.43. The van der Waals surface area contributed by atoms with E-state index in [2.05, 4.69) is 15.0 Å². The van der Waals surface area contributed by atoms with Crippen molar-refractivity contribution in [3.63, 3.8) is 0 Å². The number of nitrogens with zero attached hydrogens (tertiary/aromatic N) is 2.